The van der Waals surface area contributed by atoms with Crippen molar-refractivity contribution in [1.82, 2.24) is 18.8 Å². The lowest BCUT2D eigenvalue weighted by Crippen LogP contribution is -2.03. The third kappa shape index (κ3) is 4.20. The van der Waals surface area contributed by atoms with Crippen molar-refractivity contribution in [1.29, 1.82) is 5.26 Å². The van der Waals surface area contributed by atoms with Gasteiger partial charge in [0.25, 0.3) is 0 Å². The molecule has 0 aliphatic heterocycles. The zero-order valence-electron chi connectivity index (χ0n) is 19.5. The minimum atomic E-state index is -0.0361. The number of ketones is 1. The normalized spacial score (nSPS) is 11.0. The van der Waals surface area contributed by atoms with E-state index in [1.54, 1.807) is 31.5 Å². The van der Waals surface area contributed by atoms with Crippen LogP contribution in [0.3, 0.4) is 0 Å². The topological polar surface area (TPSA) is 96.7 Å². The molecule has 5 rings (SSSR count). The quantitative estimate of drug-likeness (QED) is 0.320. The molecule has 8 heteroatoms. The molecule has 4 heterocycles. The van der Waals surface area contributed by atoms with E-state index in [0.717, 1.165) is 34.6 Å². The van der Waals surface area contributed by atoms with Crippen LogP contribution >= 0.6 is 0 Å². The number of anilines is 1. The predicted octanol–water partition coefficient (Wildman–Crippen LogP) is 5.12. The van der Waals surface area contributed by atoms with Gasteiger partial charge >= 0.3 is 0 Å². The van der Waals surface area contributed by atoms with Gasteiger partial charge in [0, 0.05) is 43.7 Å². The molecule has 1 aromatic carbocycles. The van der Waals surface area contributed by atoms with Crippen LogP contribution in [0.5, 0.6) is 5.75 Å². The van der Waals surface area contributed by atoms with E-state index in [1.165, 1.54) is 0 Å². The van der Waals surface area contributed by atoms with Crippen LogP contribution in [0.15, 0.2) is 67.3 Å². The fourth-order valence-electron chi connectivity index (χ4n) is 4.10. The smallest absolute Gasteiger partial charge is 0.176 e. The number of carbonyl (C=O) groups is 1. The summed E-state index contributed by atoms with van der Waals surface area (Å²) in [6.45, 7) is 4.77. The molecule has 4 aromatic heterocycles. The van der Waals surface area contributed by atoms with Crippen LogP contribution in [0.2, 0.25) is 0 Å². The number of fused-ring (bicyclic) bond motifs is 2. The van der Waals surface area contributed by atoms with Crippen molar-refractivity contribution in [2.75, 3.05) is 11.9 Å². The standard InChI is InChI=1S/C27H24N6O2/c1-3-12-35-21-8-10-32-23(18(2)34)14-22(24(32)13-21)26-27(33-11-9-29-17-25(33)31-26)30-16-20-6-4-19(15-28)5-7-20/h4-11,13-14,17,30H,3,12,16H2,1-2H3. The van der Waals surface area contributed by atoms with Gasteiger partial charge in [-0.25, -0.2) is 4.98 Å². The summed E-state index contributed by atoms with van der Waals surface area (Å²) in [5.74, 6) is 1.49. The van der Waals surface area contributed by atoms with E-state index in [0.29, 0.717) is 35.8 Å². The molecule has 0 spiro atoms. The Bertz CT molecular complexity index is 1570. The predicted molar refractivity (Wildman–Crippen MR) is 134 cm³/mol. The first-order chi connectivity index (χ1) is 17.1. The Kier molecular flexibility index (Phi) is 5.90. The number of rotatable bonds is 8. The maximum atomic E-state index is 12.5. The van der Waals surface area contributed by atoms with Gasteiger partial charge in [-0.3, -0.25) is 14.2 Å². The Morgan fingerprint density at radius 1 is 1.14 bits per heavy atom. The largest absolute Gasteiger partial charge is 0.493 e. The van der Waals surface area contributed by atoms with Crippen LogP contribution in [0.25, 0.3) is 22.4 Å². The molecule has 174 valence electrons. The summed E-state index contributed by atoms with van der Waals surface area (Å²) in [4.78, 5) is 21.5. The summed E-state index contributed by atoms with van der Waals surface area (Å²) < 4.78 is 9.69. The number of hydrogen-bond acceptors (Lipinski definition) is 6. The second kappa shape index (κ2) is 9.31. The fourth-order valence-corrected chi connectivity index (χ4v) is 4.10. The van der Waals surface area contributed by atoms with Crippen molar-refractivity contribution >= 4 is 22.8 Å². The summed E-state index contributed by atoms with van der Waals surface area (Å²) in [6.07, 6.45) is 8.03. The molecule has 0 aliphatic rings. The first kappa shape index (κ1) is 22.2. The van der Waals surface area contributed by atoms with Gasteiger partial charge in [-0.1, -0.05) is 19.1 Å². The van der Waals surface area contributed by atoms with Crippen molar-refractivity contribution in [3.63, 3.8) is 0 Å². The number of benzene rings is 1. The molecule has 0 unspecified atom stereocenters. The van der Waals surface area contributed by atoms with Gasteiger partial charge in [0.1, 0.15) is 17.3 Å². The number of imidazole rings is 1. The highest BCUT2D eigenvalue weighted by molar-refractivity contribution is 5.99. The molecule has 35 heavy (non-hydrogen) atoms. The van der Waals surface area contributed by atoms with Crippen LogP contribution in [-0.2, 0) is 6.54 Å². The average molecular weight is 465 g/mol. The second-order valence-corrected chi connectivity index (χ2v) is 8.24. The minimum Gasteiger partial charge on any atom is -0.493 e. The van der Waals surface area contributed by atoms with Gasteiger partial charge in [0.05, 0.1) is 35.6 Å². The Morgan fingerprint density at radius 2 is 1.97 bits per heavy atom. The highest BCUT2D eigenvalue weighted by atomic mass is 16.5. The molecular weight excluding hydrogens is 440 g/mol. The number of nitriles is 1. The van der Waals surface area contributed by atoms with E-state index in [4.69, 9.17) is 15.0 Å². The highest BCUT2D eigenvalue weighted by Crippen LogP contribution is 2.35. The van der Waals surface area contributed by atoms with Gasteiger partial charge in [0.2, 0.25) is 0 Å². The number of ether oxygens (including phenoxy) is 1. The Labute approximate surface area is 202 Å². The average Bonchev–Trinajstić information content (AvgIpc) is 3.44. The summed E-state index contributed by atoms with van der Waals surface area (Å²) in [6, 6.07) is 15.3. The third-order valence-corrected chi connectivity index (χ3v) is 5.80. The van der Waals surface area contributed by atoms with Crippen LogP contribution in [0, 0.1) is 11.3 Å². The van der Waals surface area contributed by atoms with Crippen LogP contribution in [0.4, 0.5) is 5.82 Å². The van der Waals surface area contributed by atoms with Crippen LogP contribution in [0.1, 0.15) is 41.9 Å². The Balaban J connectivity index is 1.63. The van der Waals surface area contributed by atoms with Crippen LogP contribution in [-0.4, -0.2) is 31.2 Å². The monoisotopic (exact) mass is 464 g/mol. The molecule has 0 saturated carbocycles. The number of carbonyl (C=O) groups excluding carboxylic acids is 1. The first-order valence-electron chi connectivity index (χ1n) is 11.4. The van der Waals surface area contributed by atoms with Gasteiger partial charge in [-0.15, -0.1) is 0 Å². The van der Waals surface area contributed by atoms with Crippen molar-refractivity contribution in [2.24, 2.45) is 0 Å². The number of nitrogens with zero attached hydrogens (tertiary/aromatic N) is 5. The van der Waals surface area contributed by atoms with Crippen molar-refractivity contribution in [3.8, 4) is 23.1 Å². The molecule has 0 aliphatic carbocycles. The number of nitrogens with one attached hydrogen (secondary N) is 1. The second-order valence-electron chi connectivity index (χ2n) is 8.24. The fraction of sp³-hybridized carbons (Fsp3) is 0.185. The Hall–Kier alpha value is -4.64. The molecule has 0 fully saturated rings. The summed E-state index contributed by atoms with van der Waals surface area (Å²) >= 11 is 0. The van der Waals surface area contributed by atoms with E-state index in [2.05, 4.69) is 23.3 Å². The maximum absolute atomic E-state index is 12.5. The van der Waals surface area contributed by atoms with Gasteiger partial charge in [-0.2, -0.15) is 5.26 Å². The van der Waals surface area contributed by atoms with E-state index in [1.807, 2.05) is 51.5 Å². The van der Waals surface area contributed by atoms with Crippen molar-refractivity contribution in [3.05, 3.63) is 84.1 Å². The molecule has 0 atom stereocenters. The van der Waals surface area contributed by atoms with E-state index < -0.39 is 0 Å². The van der Waals surface area contributed by atoms with E-state index in [9.17, 15) is 4.79 Å². The van der Waals surface area contributed by atoms with Gasteiger partial charge in [0.15, 0.2) is 11.4 Å². The molecule has 0 saturated heterocycles. The summed E-state index contributed by atoms with van der Waals surface area (Å²) in [7, 11) is 0. The highest BCUT2D eigenvalue weighted by Gasteiger charge is 2.21. The lowest BCUT2D eigenvalue weighted by atomic mass is 10.1. The zero-order valence-corrected chi connectivity index (χ0v) is 19.5. The summed E-state index contributed by atoms with van der Waals surface area (Å²) in [5, 5.41) is 12.6. The number of pyridine rings is 1. The number of aromatic nitrogens is 4. The lowest BCUT2D eigenvalue weighted by molar-refractivity contribution is 0.101. The van der Waals surface area contributed by atoms with Gasteiger partial charge < -0.3 is 14.5 Å². The number of hydrogen-bond donors (Lipinski definition) is 1. The molecule has 0 bridgehead atoms. The molecule has 8 nitrogen and oxygen atoms in total. The maximum Gasteiger partial charge on any atom is 0.176 e. The molecule has 0 radical (unpaired) electrons. The molecule has 0 amide bonds. The van der Waals surface area contributed by atoms with E-state index >= 15 is 0 Å². The summed E-state index contributed by atoms with van der Waals surface area (Å²) in [5.41, 5.74) is 5.28. The van der Waals surface area contributed by atoms with Crippen LogP contribution < -0.4 is 10.1 Å². The number of Topliss-reactive ketones (excluding diaryl/α,β-unsaturated/α-hetero) is 1. The zero-order chi connectivity index (χ0) is 24.4. The third-order valence-electron chi connectivity index (χ3n) is 5.80. The molecular formula is C27H24N6O2. The van der Waals surface area contributed by atoms with Crippen molar-refractivity contribution in [2.45, 2.75) is 26.8 Å². The van der Waals surface area contributed by atoms with Crippen molar-refractivity contribution < 1.29 is 9.53 Å². The SMILES string of the molecule is CCCOc1ccn2c(C(C)=O)cc(-c3nc4cnccn4c3NCc3ccc(C#N)cc3)c2c1. The first-order valence-corrected chi connectivity index (χ1v) is 11.4. The minimum absolute atomic E-state index is 0.0361. The molecule has 1 N–H and O–H groups in total. The lowest BCUT2D eigenvalue weighted by Gasteiger charge is -2.10. The Morgan fingerprint density at radius 3 is 2.71 bits per heavy atom. The molecule has 5 aromatic rings. The van der Waals surface area contributed by atoms with E-state index in [-0.39, 0.29) is 5.78 Å². The van der Waals surface area contributed by atoms with Gasteiger partial charge in [-0.05, 0) is 36.2 Å².